The number of ether oxygens (including phenoxy) is 1. The van der Waals surface area contributed by atoms with Crippen LogP contribution in [0, 0.1) is 0 Å². The topological polar surface area (TPSA) is 60.2 Å². The van der Waals surface area contributed by atoms with Crippen LogP contribution >= 0.6 is 11.5 Å². The Morgan fingerprint density at radius 1 is 1.90 bits per heavy atom. The minimum atomic E-state index is 0.640. The van der Waals surface area contributed by atoms with Crippen LogP contribution in [0.1, 0.15) is 4.88 Å². The summed E-state index contributed by atoms with van der Waals surface area (Å²) >= 11 is 1.38. The SMILES string of the molecule is COc1cc(CNN)sn1. The van der Waals surface area contributed by atoms with Gasteiger partial charge >= 0.3 is 0 Å². The van der Waals surface area contributed by atoms with Crippen molar-refractivity contribution in [1.82, 2.24) is 9.80 Å². The summed E-state index contributed by atoms with van der Waals surface area (Å²) in [5.74, 6) is 5.75. The molecular weight excluding hydrogens is 150 g/mol. The van der Waals surface area contributed by atoms with Crippen molar-refractivity contribution in [3.05, 3.63) is 10.9 Å². The third-order valence-corrected chi connectivity index (χ3v) is 1.79. The molecule has 1 aromatic rings. The molecule has 0 bridgehead atoms. The summed E-state index contributed by atoms with van der Waals surface area (Å²) in [5.41, 5.74) is 2.54. The first-order chi connectivity index (χ1) is 4.86. The first kappa shape index (κ1) is 7.46. The van der Waals surface area contributed by atoms with Crippen molar-refractivity contribution in [3.63, 3.8) is 0 Å². The van der Waals surface area contributed by atoms with E-state index in [1.807, 2.05) is 6.07 Å². The van der Waals surface area contributed by atoms with Crippen LogP contribution in [0.5, 0.6) is 5.88 Å². The van der Waals surface area contributed by atoms with Crippen molar-refractivity contribution in [2.24, 2.45) is 5.84 Å². The Balaban J connectivity index is 2.59. The van der Waals surface area contributed by atoms with Crippen LogP contribution in [0.3, 0.4) is 0 Å². The molecule has 0 fully saturated rings. The van der Waals surface area contributed by atoms with Crippen molar-refractivity contribution < 1.29 is 4.74 Å². The molecule has 0 unspecified atom stereocenters. The maximum Gasteiger partial charge on any atom is 0.225 e. The minimum absolute atomic E-state index is 0.640. The summed E-state index contributed by atoms with van der Waals surface area (Å²) in [7, 11) is 1.59. The van der Waals surface area contributed by atoms with Gasteiger partial charge in [0.05, 0.1) is 7.11 Å². The van der Waals surface area contributed by atoms with Gasteiger partial charge in [-0.15, -0.1) is 0 Å². The number of aromatic nitrogens is 1. The molecule has 1 aromatic heterocycles. The third kappa shape index (κ3) is 1.66. The monoisotopic (exact) mass is 159 g/mol. The molecule has 0 aliphatic heterocycles. The molecular formula is C5H9N3OS. The van der Waals surface area contributed by atoms with E-state index in [1.165, 1.54) is 11.5 Å². The molecule has 0 amide bonds. The van der Waals surface area contributed by atoms with Gasteiger partial charge in [0.1, 0.15) is 0 Å². The molecule has 56 valence electrons. The molecule has 0 radical (unpaired) electrons. The second kappa shape index (κ2) is 3.50. The zero-order valence-electron chi connectivity index (χ0n) is 5.63. The molecule has 10 heavy (non-hydrogen) atoms. The average Bonchev–Trinajstić information content (AvgIpc) is 2.37. The van der Waals surface area contributed by atoms with Crippen molar-refractivity contribution in [2.45, 2.75) is 6.54 Å². The maximum atomic E-state index is 5.10. The van der Waals surface area contributed by atoms with Gasteiger partial charge < -0.3 is 4.74 Å². The van der Waals surface area contributed by atoms with E-state index >= 15 is 0 Å². The number of hydrogen-bond acceptors (Lipinski definition) is 5. The normalized spacial score (nSPS) is 9.80. The Bertz CT molecular complexity index is 201. The van der Waals surface area contributed by atoms with E-state index in [2.05, 4.69) is 9.80 Å². The molecule has 3 N–H and O–H groups in total. The fraction of sp³-hybridized carbons (Fsp3) is 0.400. The molecule has 0 aliphatic carbocycles. The first-order valence-electron chi connectivity index (χ1n) is 2.80. The van der Waals surface area contributed by atoms with Crippen LogP contribution in [0.25, 0.3) is 0 Å². The fourth-order valence-corrected chi connectivity index (χ4v) is 1.21. The van der Waals surface area contributed by atoms with E-state index < -0.39 is 0 Å². The predicted molar refractivity (Wildman–Crippen MR) is 39.7 cm³/mol. The zero-order chi connectivity index (χ0) is 7.40. The third-order valence-electron chi connectivity index (χ3n) is 1.02. The summed E-state index contributed by atoms with van der Waals surface area (Å²) in [6, 6.07) is 1.85. The van der Waals surface area contributed by atoms with Crippen molar-refractivity contribution in [3.8, 4) is 5.88 Å². The van der Waals surface area contributed by atoms with Crippen molar-refractivity contribution in [1.29, 1.82) is 0 Å². The van der Waals surface area contributed by atoms with E-state index in [4.69, 9.17) is 10.6 Å². The lowest BCUT2D eigenvalue weighted by atomic mass is 10.5. The van der Waals surface area contributed by atoms with Gasteiger partial charge in [0.2, 0.25) is 5.88 Å². The van der Waals surface area contributed by atoms with Gasteiger partial charge in [-0.25, -0.2) is 0 Å². The van der Waals surface area contributed by atoms with Crippen LogP contribution in [-0.4, -0.2) is 11.5 Å². The van der Waals surface area contributed by atoms with Crippen LogP contribution in [0.2, 0.25) is 0 Å². The Morgan fingerprint density at radius 3 is 3.20 bits per heavy atom. The van der Waals surface area contributed by atoms with Crippen LogP contribution in [0.15, 0.2) is 6.07 Å². The number of hydrogen-bond donors (Lipinski definition) is 2. The van der Waals surface area contributed by atoms with Crippen LogP contribution in [0.4, 0.5) is 0 Å². The van der Waals surface area contributed by atoms with Crippen LogP contribution < -0.4 is 16.0 Å². The van der Waals surface area contributed by atoms with Crippen LogP contribution in [-0.2, 0) is 6.54 Å². The highest BCUT2D eigenvalue weighted by Crippen LogP contribution is 2.14. The molecule has 0 spiro atoms. The quantitative estimate of drug-likeness (QED) is 0.485. The van der Waals surface area contributed by atoms with E-state index in [0.29, 0.717) is 12.4 Å². The highest BCUT2D eigenvalue weighted by molar-refractivity contribution is 7.05. The summed E-state index contributed by atoms with van der Waals surface area (Å²) in [4.78, 5) is 1.07. The molecule has 1 heterocycles. The molecule has 0 saturated carbocycles. The van der Waals surface area contributed by atoms with Gasteiger partial charge in [-0.05, 0) is 11.5 Å². The van der Waals surface area contributed by atoms with Gasteiger partial charge in [-0.3, -0.25) is 11.3 Å². The zero-order valence-corrected chi connectivity index (χ0v) is 6.44. The molecule has 0 atom stereocenters. The number of rotatable bonds is 3. The van der Waals surface area contributed by atoms with Crippen molar-refractivity contribution >= 4 is 11.5 Å². The Morgan fingerprint density at radius 2 is 2.70 bits per heavy atom. The molecule has 0 saturated heterocycles. The molecule has 4 nitrogen and oxygen atoms in total. The largest absolute Gasteiger partial charge is 0.480 e. The lowest BCUT2D eigenvalue weighted by Gasteiger charge is -1.89. The molecule has 0 aromatic carbocycles. The molecule has 1 rings (SSSR count). The summed E-state index contributed by atoms with van der Waals surface area (Å²) in [5, 5.41) is 0. The van der Waals surface area contributed by atoms with Crippen molar-refractivity contribution in [2.75, 3.05) is 7.11 Å². The van der Waals surface area contributed by atoms with Gasteiger partial charge in [-0.2, -0.15) is 4.37 Å². The average molecular weight is 159 g/mol. The highest BCUT2D eigenvalue weighted by Gasteiger charge is 1.98. The fourth-order valence-electron chi connectivity index (χ4n) is 0.574. The van der Waals surface area contributed by atoms with E-state index in [9.17, 15) is 0 Å². The molecule has 5 heteroatoms. The predicted octanol–water partition coefficient (Wildman–Crippen LogP) is 0.115. The maximum absolute atomic E-state index is 5.10. The van der Waals surface area contributed by atoms with Gasteiger partial charge in [-0.1, -0.05) is 0 Å². The summed E-state index contributed by atoms with van der Waals surface area (Å²) < 4.78 is 8.85. The van der Waals surface area contributed by atoms with E-state index in [-0.39, 0.29) is 0 Å². The lowest BCUT2D eigenvalue weighted by molar-refractivity contribution is 0.402. The van der Waals surface area contributed by atoms with E-state index in [0.717, 1.165) is 4.88 Å². The number of nitrogens with one attached hydrogen (secondary N) is 1. The second-order valence-electron chi connectivity index (χ2n) is 1.72. The minimum Gasteiger partial charge on any atom is -0.480 e. The second-order valence-corrected chi connectivity index (χ2v) is 2.61. The first-order valence-corrected chi connectivity index (χ1v) is 3.57. The molecule has 0 aliphatic rings. The van der Waals surface area contributed by atoms with E-state index in [1.54, 1.807) is 7.11 Å². The van der Waals surface area contributed by atoms with Gasteiger partial charge in [0.25, 0.3) is 0 Å². The number of nitrogens with zero attached hydrogens (tertiary/aromatic N) is 1. The number of hydrazine groups is 1. The lowest BCUT2D eigenvalue weighted by Crippen LogP contribution is -2.19. The Labute approximate surface area is 63.1 Å². The number of methoxy groups -OCH3 is 1. The summed E-state index contributed by atoms with van der Waals surface area (Å²) in [6.07, 6.45) is 0. The highest BCUT2D eigenvalue weighted by atomic mass is 32.1. The van der Waals surface area contributed by atoms with Gasteiger partial charge in [0.15, 0.2) is 0 Å². The summed E-state index contributed by atoms with van der Waals surface area (Å²) in [6.45, 7) is 0.640. The Hall–Kier alpha value is -0.650. The smallest absolute Gasteiger partial charge is 0.225 e. The standard InChI is InChI=1S/C5H9N3OS/c1-9-5-2-4(3-7-6)10-8-5/h2,7H,3,6H2,1H3. The Kier molecular flexibility index (Phi) is 2.61. The number of nitrogens with two attached hydrogens (primary N) is 1. The van der Waals surface area contributed by atoms with Gasteiger partial charge in [0, 0.05) is 17.5 Å².